The second-order valence-electron chi connectivity index (χ2n) is 2.96. The number of aromatic nitrogens is 3. The van der Waals surface area contributed by atoms with Crippen molar-refractivity contribution in [1.29, 1.82) is 5.26 Å². The van der Waals surface area contributed by atoms with Crippen LogP contribution >= 0.6 is 0 Å². The van der Waals surface area contributed by atoms with Gasteiger partial charge in [0.2, 0.25) is 11.8 Å². The molecule has 15 heavy (non-hydrogen) atoms. The summed E-state index contributed by atoms with van der Waals surface area (Å²) in [5.41, 5.74) is 1.22. The van der Waals surface area contributed by atoms with Crippen LogP contribution in [0.3, 0.4) is 0 Å². The number of rotatable bonds is 2. The largest absolute Gasteiger partial charge is 0.419 e. The zero-order valence-electron chi connectivity index (χ0n) is 8.06. The van der Waals surface area contributed by atoms with Crippen molar-refractivity contribution in [3.63, 3.8) is 0 Å². The van der Waals surface area contributed by atoms with E-state index in [9.17, 15) is 0 Å². The van der Waals surface area contributed by atoms with Gasteiger partial charge in [-0.2, -0.15) is 5.26 Å². The standard InChI is InChI=1S/C10H8N4O/c1-7-5-10(14-13-7)15-9-4-2-3-8(6-11)12-9/h2-5H,1H3,(H,13,14). The van der Waals surface area contributed by atoms with Gasteiger partial charge in [0, 0.05) is 17.8 Å². The van der Waals surface area contributed by atoms with Crippen LogP contribution in [0.15, 0.2) is 24.3 Å². The summed E-state index contributed by atoms with van der Waals surface area (Å²) in [5, 5.41) is 15.3. The van der Waals surface area contributed by atoms with Gasteiger partial charge in [-0.3, -0.25) is 5.10 Å². The lowest BCUT2D eigenvalue weighted by Crippen LogP contribution is -1.89. The molecular formula is C10H8N4O. The first kappa shape index (κ1) is 9.21. The molecule has 0 saturated heterocycles. The van der Waals surface area contributed by atoms with Gasteiger partial charge in [0.1, 0.15) is 11.8 Å². The molecule has 0 aliphatic rings. The van der Waals surface area contributed by atoms with Gasteiger partial charge in [0.05, 0.1) is 0 Å². The molecule has 5 nitrogen and oxygen atoms in total. The number of H-pyrrole nitrogens is 1. The highest BCUT2D eigenvalue weighted by Gasteiger charge is 2.02. The van der Waals surface area contributed by atoms with E-state index in [1.165, 1.54) is 0 Å². The van der Waals surface area contributed by atoms with Crippen LogP contribution in [0, 0.1) is 18.3 Å². The number of aromatic amines is 1. The van der Waals surface area contributed by atoms with Crippen molar-refractivity contribution in [2.24, 2.45) is 0 Å². The highest BCUT2D eigenvalue weighted by atomic mass is 16.5. The molecule has 0 saturated carbocycles. The fraction of sp³-hybridized carbons (Fsp3) is 0.100. The third-order valence-corrected chi connectivity index (χ3v) is 1.73. The van der Waals surface area contributed by atoms with Crippen molar-refractivity contribution in [1.82, 2.24) is 15.2 Å². The Morgan fingerprint density at radius 3 is 2.93 bits per heavy atom. The van der Waals surface area contributed by atoms with E-state index in [-0.39, 0.29) is 0 Å². The summed E-state index contributed by atoms with van der Waals surface area (Å²) in [5.74, 6) is 0.802. The van der Waals surface area contributed by atoms with Gasteiger partial charge < -0.3 is 4.74 Å². The molecule has 74 valence electrons. The normalized spacial score (nSPS) is 9.60. The predicted octanol–water partition coefficient (Wildman–Crippen LogP) is 1.78. The molecule has 1 N–H and O–H groups in total. The third kappa shape index (κ3) is 2.11. The van der Waals surface area contributed by atoms with E-state index >= 15 is 0 Å². The molecule has 0 aliphatic carbocycles. The minimum Gasteiger partial charge on any atom is -0.419 e. The van der Waals surface area contributed by atoms with E-state index in [1.54, 1.807) is 24.3 Å². The van der Waals surface area contributed by atoms with Crippen LogP contribution in [0.25, 0.3) is 0 Å². The highest BCUT2D eigenvalue weighted by Crippen LogP contribution is 2.17. The van der Waals surface area contributed by atoms with E-state index in [1.807, 2.05) is 13.0 Å². The molecule has 0 fully saturated rings. The van der Waals surface area contributed by atoms with Crippen molar-refractivity contribution < 1.29 is 4.74 Å². The smallest absolute Gasteiger partial charge is 0.240 e. The van der Waals surface area contributed by atoms with E-state index < -0.39 is 0 Å². The number of hydrogen-bond donors (Lipinski definition) is 1. The molecule has 0 radical (unpaired) electrons. The molecule has 5 heteroatoms. The summed E-state index contributed by atoms with van der Waals surface area (Å²) < 4.78 is 5.34. The van der Waals surface area contributed by atoms with Crippen LogP contribution in [0.4, 0.5) is 0 Å². The Morgan fingerprint density at radius 2 is 2.27 bits per heavy atom. The van der Waals surface area contributed by atoms with Crippen LogP contribution in [0.1, 0.15) is 11.4 Å². The summed E-state index contributed by atoms with van der Waals surface area (Å²) >= 11 is 0. The van der Waals surface area contributed by atoms with Gasteiger partial charge in [0.15, 0.2) is 0 Å². The Morgan fingerprint density at radius 1 is 1.40 bits per heavy atom. The van der Waals surface area contributed by atoms with Gasteiger partial charge in [-0.1, -0.05) is 6.07 Å². The zero-order chi connectivity index (χ0) is 10.7. The van der Waals surface area contributed by atoms with Gasteiger partial charge in [-0.25, -0.2) is 4.98 Å². The lowest BCUT2D eigenvalue weighted by molar-refractivity contribution is 0.443. The summed E-state index contributed by atoms with van der Waals surface area (Å²) in [7, 11) is 0. The molecule has 0 aliphatic heterocycles. The summed E-state index contributed by atoms with van der Waals surface area (Å²) in [4.78, 5) is 3.96. The van der Waals surface area contributed by atoms with Crippen LogP contribution in [-0.2, 0) is 0 Å². The van der Waals surface area contributed by atoms with E-state index in [2.05, 4.69) is 15.2 Å². The van der Waals surface area contributed by atoms with Crippen LogP contribution in [0.5, 0.6) is 11.8 Å². The first-order valence-electron chi connectivity index (χ1n) is 4.35. The third-order valence-electron chi connectivity index (χ3n) is 1.73. The SMILES string of the molecule is Cc1cc(Oc2cccc(C#N)n2)n[nH]1. The van der Waals surface area contributed by atoms with Gasteiger partial charge in [0.25, 0.3) is 0 Å². The lowest BCUT2D eigenvalue weighted by Gasteiger charge is -1.99. The fourth-order valence-electron chi connectivity index (χ4n) is 1.09. The molecule has 0 unspecified atom stereocenters. The number of nitrogens with one attached hydrogen (secondary N) is 1. The lowest BCUT2D eigenvalue weighted by atomic mass is 10.4. The topological polar surface area (TPSA) is 74.6 Å². The monoisotopic (exact) mass is 200 g/mol. The molecule has 0 atom stereocenters. The highest BCUT2D eigenvalue weighted by molar-refractivity contribution is 5.27. The van der Waals surface area contributed by atoms with Crippen molar-refractivity contribution in [2.45, 2.75) is 6.92 Å². The van der Waals surface area contributed by atoms with Gasteiger partial charge in [-0.05, 0) is 13.0 Å². The van der Waals surface area contributed by atoms with E-state index in [4.69, 9.17) is 10.00 Å². The number of aryl methyl sites for hydroxylation is 1. The Bertz CT molecular complexity index is 512. The first-order valence-corrected chi connectivity index (χ1v) is 4.35. The predicted molar refractivity (Wildman–Crippen MR) is 52.4 cm³/mol. The second kappa shape index (κ2) is 3.80. The summed E-state index contributed by atoms with van der Waals surface area (Å²) in [6.45, 7) is 1.87. The summed E-state index contributed by atoms with van der Waals surface area (Å²) in [6, 6.07) is 8.68. The second-order valence-corrected chi connectivity index (χ2v) is 2.96. The first-order chi connectivity index (χ1) is 7.28. The number of hydrogen-bond acceptors (Lipinski definition) is 4. The molecular weight excluding hydrogens is 192 g/mol. The number of ether oxygens (including phenoxy) is 1. The van der Waals surface area contributed by atoms with Crippen molar-refractivity contribution in [3.05, 3.63) is 35.7 Å². The van der Waals surface area contributed by atoms with Crippen molar-refractivity contribution >= 4 is 0 Å². The minimum atomic E-state index is 0.319. The molecule has 0 spiro atoms. The van der Waals surface area contributed by atoms with Crippen LogP contribution < -0.4 is 4.74 Å². The quantitative estimate of drug-likeness (QED) is 0.801. The average molecular weight is 200 g/mol. The van der Waals surface area contributed by atoms with E-state index in [0.29, 0.717) is 17.5 Å². The number of pyridine rings is 1. The van der Waals surface area contributed by atoms with Gasteiger partial charge in [-0.15, -0.1) is 5.10 Å². The number of nitrogens with zero attached hydrogens (tertiary/aromatic N) is 3. The molecule has 0 bridgehead atoms. The van der Waals surface area contributed by atoms with E-state index in [0.717, 1.165) is 5.69 Å². The molecule has 0 aromatic carbocycles. The summed E-state index contributed by atoms with van der Waals surface area (Å²) in [6.07, 6.45) is 0. The molecule has 2 aromatic rings. The number of nitriles is 1. The Kier molecular flexibility index (Phi) is 2.33. The van der Waals surface area contributed by atoms with Crippen LogP contribution in [0.2, 0.25) is 0 Å². The molecule has 2 heterocycles. The molecule has 0 amide bonds. The Hall–Kier alpha value is -2.35. The zero-order valence-corrected chi connectivity index (χ0v) is 8.06. The Balaban J connectivity index is 2.21. The Labute approximate surface area is 86.3 Å². The van der Waals surface area contributed by atoms with Crippen molar-refractivity contribution in [2.75, 3.05) is 0 Å². The van der Waals surface area contributed by atoms with Crippen molar-refractivity contribution in [3.8, 4) is 17.8 Å². The average Bonchev–Trinajstić information content (AvgIpc) is 2.64. The van der Waals surface area contributed by atoms with Gasteiger partial charge >= 0.3 is 0 Å². The maximum absolute atomic E-state index is 8.64. The fourth-order valence-corrected chi connectivity index (χ4v) is 1.09. The maximum atomic E-state index is 8.64. The minimum absolute atomic E-state index is 0.319. The van der Waals surface area contributed by atoms with Crippen LogP contribution in [-0.4, -0.2) is 15.2 Å². The maximum Gasteiger partial charge on any atom is 0.240 e. The molecule has 2 aromatic heterocycles. The molecule has 2 rings (SSSR count).